The Hall–Kier alpha value is -2.43. The standard InChI is InChI=1S/C20H25N3O2/c1-5-22-19(25)16-12(2)23-14-9-20(3,4)10-15(24)18(14)17(16)13-7-6-8-21-11-13/h6-8,11,17,23H,5,9-10H2,1-4H3,(H,22,25). The van der Waals surface area contributed by atoms with E-state index < -0.39 is 0 Å². The number of hydrogen-bond donors (Lipinski definition) is 2. The van der Waals surface area contributed by atoms with Crippen LogP contribution in [0.5, 0.6) is 0 Å². The van der Waals surface area contributed by atoms with Crippen molar-refractivity contribution in [3.63, 3.8) is 0 Å². The van der Waals surface area contributed by atoms with Crippen molar-refractivity contribution in [1.82, 2.24) is 15.6 Å². The van der Waals surface area contributed by atoms with E-state index in [0.717, 1.165) is 29.0 Å². The number of aromatic nitrogens is 1. The molecule has 2 N–H and O–H groups in total. The zero-order chi connectivity index (χ0) is 18.2. The first kappa shape index (κ1) is 17.4. The first-order valence-electron chi connectivity index (χ1n) is 8.76. The van der Waals surface area contributed by atoms with E-state index in [1.807, 2.05) is 26.0 Å². The average molecular weight is 339 g/mol. The Labute approximate surface area is 148 Å². The lowest BCUT2D eigenvalue weighted by molar-refractivity contribution is -0.118. The molecule has 0 bridgehead atoms. The third kappa shape index (κ3) is 3.23. The molecule has 5 nitrogen and oxygen atoms in total. The lowest BCUT2D eigenvalue weighted by atomic mass is 9.68. The van der Waals surface area contributed by atoms with Crippen LogP contribution in [0.3, 0.4) is 0 Å². The highest BCUT2D eigenvalue weighted by Gasteiger charge is 2.42. The van der Waals surface area contributed by atoms with E-state index in [0.29, 0.717) is 18.5 Å². The minimum Gasteiger partial charge on any atom is -0.362 e. The fourth-order valence-corrected chi connectivity index (χ4v) is 3.87. The van der Waals surface area contributed by atoms with Gasteiger partial charge in [-0.15, -0.1) is 0 Å². The van der Waals surface area contributed by atoms with Gasteiger partial charge >= 0.3 is 0 Å². The maximum Gasteiger partial charge on any atom is 0.249 e. The molecule has 1 aliphatic carbocycles. The second kappa shape index (κ2) is 6.47. The summed E-state index contributed by atoms with van der Waals surface area (Å²) in [5.41, 5.74) is 3.89. The number of ketones is 1. The third-order valence-electron chi connectivity index (χ3n) is 4.84. The molecule has 3 rings (SSSR count). The predicted molar refractivity (Wildman–Crippen MR) is 96.5 cm³/mol. The summed E-state index contributed by atoms with van der Waals surface area (Å²) in [4.78, 5) is 29.9. The number of amides is 1. The lowest BCUT2D eigenvalue weighted by Crippen LogP contribution is -2.40. The van der Waals surface area contributed by atoms with Gasteiger partial charge in [0.2, 0.25) is 5.91 Å². The van der Waals surface area contributed by atoms with Crippen molar-refractivity contribution in [2.75, 3.05) is 6.54 Å². The zero-order valence-electron chi connectivity index (χ0n) is 15.3. The van der Waals surface area contributed by atoms with Crippen LogP contribution >= 0.6 is 0 Å². The molecule has 132 valence electrons. The van der Waals surface area contributed by atoms with Crippen molar-refractivity contribution in [2.45, 2.75) is 46.5 Å². The van der Waals surface area contributed by atoms with Gasteiger partial charge in [0.1, 0.15) is 0 Å². The SMILES string of the molecule is CCNC(=O)C1=C(C)NC2=C(C(=O)CC(C)(C)C2)C1c1cccnc1. The molecule has 1 unspecified atom stereocenters. The number of nitrogens with zero attached hydrogens (tertiary/aromatic N) is 1. The van der Waals surface area contributed by atoms with Crippen molar-refractivity contribution in [1.29, 1.82) is 0 Å². The van der Waals surface area contributed by atoms with Crippen molar-refractivity contribution in [3.05, 3.63) is 52.6 Å². The van der Waals surface area contributed by atoms with Crippen molar-refractivity contribution in [3.8, 4) is 0 Å². The molecule has 25 heavy (non-hydrogen) atoms. The number of pyridine rings is 1. The molecule has 0 radical (unpaired) electrons. The van der Waals surface area contributed by atoms with E-state index in [1.165, 1.54) is 0 Å². The summed E-state index contributed by atoms with van der Waals surface area (Å²) in [6.07, 6.45) is 4.74. The first-order valence-corrected chi connectivity index (χ1v) is 8.76. The minimum absolute atomic E-state index is 0.0775. The Bertz CT molecular complexity index is 775. The van der Waals surface area contributed by atoms with E-state index in [1.54, 1.807) is 12.4 Å². The van der Waals surface area contributed by atoms with Gasteiger partial charge in [-0.25, -0.2) is 0 Å². The largest absolute Gasteiger partial charge is 0.362 e. The second-order valence-corrected chi connectivity index (χ2v) is 7.58. The number of allylic oxidation sites excluding steroid dienone is 3. The highest BCUT2D eigenvalue weighted by molar-refractivity contribution is 6.05. The quantitative estimate of drug-likeness (QED) is 0.888. The number of carbonyl (C=O) groups excluding carboxylic acids is 2. The smallest absolute Gasteiger partial charge is 0.249 e. The van der Waals surface area contributed by atoms with Gasteiger partial charge in [-0.1, -0.05) is 19.9 Å². The molecule has 0 fully saturated rings. The van der Waals surface area contributed by atoms with E-state index >= 15 is 0 Å². The Balaban J connectivity index is 2.16. The van der Waals surface area contributed by atoms with Crippen LogP contribution in [0.25, 0.3) is 0 Å². The van der Waals surface area contributed by atoms with Crippen LogP contribution in [0.4, 0.5) is 0 Å². The van der Waals surface area contributed by atoms with Crippen LogP contribution in [0, 0.1) is 5.41 Å². The topological polar surface area (TPSA) is 71.1 Å². The molecule has 1 amide bonds. The fourth-order valence-electron chi connectivity index (χ4n) is 3.87. The van der Waals surface area contributed by atoms with Gasteiger partial charge in [0, 0.05) is 53.8 Å². The molecule has 0 aromatic carbocycles. The number of hydrogen-bond acceptors (Lipinski definition) is 4. The van der Waals surface area contributed by atoms with Crippen LogP contribution in [0.1, 0.15) is 52.0 Å². The summed E-state index contributed by atoms with van der Waals surface area (Å²) in [5.74, 6) is -0.382. The Morgan fingerprint density at radius 2 is 2.16 bits per heavy atom. The van der Waals surface area contributed by atoms with Crippen LogP contribution in [0.15, 0.2) is 47.1 Å². The molecule has 1 aromatic heterocycles. The molecular weight excluding hydrogens is 314 g/mol. The van der Waals surface area contributed by atoms with E-state index in [4.69, 9.17) is 0 Å². The van der Waals surface area contributed by atoms with Crippen LogP contribution in [0.2, 0.25) is 0 Å². The number of Topliss-reactive ketones (excluding diaryl/α,β-unsaturated/α-hetero) is 1. The molecule has 0 saturated heterocycles. The minimum atomic E-state index is -0.361. The summed E-state index contributed by atoms with van der Waals surface area (Å²) < 4.78 is 0. The van der Waals surface area contributed by atoms with E-state index in [-0.39, 0.29) is 23.0 Å². The Morgan fingerprint density at radius 1 is 1.40 bits per heavy atom. The van der Waals surface area contributed by atoms with Crippen LogP contribution < -0.4 is 10.6 Å². The number of dihydropyridines is 1. The second-order valence-electron chi connectivity index (χ2n) is 7.58. The van der Waals surface area contributed by atoms with Crippen LogP contribution in [-0.4, -0.2) is 23.2 Å². The van der Waals surface area contributed by atoms with Crippen LogP contribution in [-0.2, 0) is 9.59 Å². The van der Waals surface area contributed by atoms with Gasteiger partial charge in [-0.05, 0) is 37.3 Å². The molecule has 2 heterocycles. The molecule has 1 aromatic rings. The van der Waals surface area contributed by atoms with E-state index in [9.17, 15) is 9.59 Å². The molecule has 0 saturated carbocycles. The van der Waals surface area contributed by atoms with Gasteiger partial charge in [-0.3, -0.25) is 14.6 Å². The summed E-state index contributed by atoms with van der Waals surface area (Å²) in [5, 5.41) is 6.23. The number of nitrogens with one attached hydrogen (secondary N) is 2. The van der Waals surface area contributed by atoms with Crippen molar-refractivity contribution >= 4 is 11.7 Å². The average Bonchev–Trinajstić information content (AvgIpc) is 2.53. The fraction of sp³-hybridized carbons (Fsp3) is 0.450. The summed E-state index contributed by atoms with van der Waals surface area (Å²) in [7, 11) is 0. The molecule has 0 spiro atoms. The number of carbonyl (C=O) groups is 2. The first-order chi connectivity index (χ1) is 11.8. The molecule has 2 aliphatic rings. The molecule has 1 aliphatic heterocycles. The predicted octanol–water partition coefficient (Wildman–Crippen LogP) is 2.82. The lowest BCUT2D eigenvalue weighted by Gasteiger charge is -2.39. The van der Waals surface area contributed by atoms with Gasteiger partial charge < -0.3 is 10.6 Å². The molecular formula is C20H25N3O2. The van der Waals surface area contributed by atoms with Gasteiger partial charge in [0.05, 0.1) is 0 Å². The summed E-state index contributed by atoms with van der Waals surface area (Å²) in [6, 6.07) is 3.78. The molecule has 5 heteroatoms. The number of likely N-dealkylation sites (N-methyl/N-ethyl adjacent to an activating group) is 1. The van der Waals surface area contributed by atoms with Gasteiger partial charge in [-0.2, -0.15) is 0 Å². The Kier molecular flexibility index (Phi) is 4.50. The molecule has 1 atom stereocenters. The van der Waals surface area contributed by atoms with E-state index in [2.05, 4.69) is 29.5 Å². The summed E-state index contributed by atoms with van der Waals surface area (Å²) in [6.45, 7) is 8.55. The maximum atomic E-state index is 13.0. The van der Waals surface area contributed by atoms with Gasteiger partial charge in [0.15, 0.2) is 5.78 Å². The summed E-state index contributed by atoms with van der Waals surface area (Å²) >= 11 is 0. The van der Waals surface area contributed by atoms with Gasteiger partial charge in [0.25, 0.3) is 0 Å². The normalized spacial score (nSPS) is 22.4. The highest BCUT2D eigenvalue weighted by Crippen LogP contribution is 2.46. The monoisotopic (exact) mass is 339 g/mol. The zero-order valence-corrected chi connectivity index (χ0v) is 15.3. The van der Waals surface area contributed by atoms with Crippen molar-refractivity contribution in [2.24, 2.45) is 5.41 Å². The Morgan fingerprint density at radius 3 is 2.80 bits per heavy atom. The third-order valence-corrected chi connectivity index (χ3v) is 4.84. The highest BCUT2D eigenvalue weighted by atomic mass is 16.2. The van der Waals surface area contributed by atoms with Crippen molar-refractivity contribution < 1.29 is 9.59 Å². The number of rotatable bonds is 3. The maximum absolute atomic E-state index is 13.0.